The molecule has 0 saturated carbocycles. The third kappa shape index (κ3) is 6.18. The number of carbonyl (C=O) groups is 2. The molecule has 1 saturated heterocycles. The molecule has 1 aliphatic rings. The van der Waals surface area contributed by atoms with Crippen LogP contribution in [0.4, 0.5) is 4.79 Å². The molecule has 0 atom stereocenters. The highest BCUT2D eigenvalue weighted by molar-refractivity contribution is 8.18. The smallest absolute Gasteiger partial charge is 0.293 e. The summed E-state index contributed by atoms with van der Waals surface area (Å²) in [6.45, 7) is 2.92. The minimum absolute atomic E-state index is 0.177. The van der Waals surface area contributed by atoms with Crippen molar-refractivity contribution in [2.24, 2.45) is 0 Å². The Morgan fingerprint density at radius 2 is 1.64 bits per heavy atom. The first-order chi connectivity index (χ1) is 16.0. The van der Waals surface area contributed by atoms with Gasteiger partial charge in [0.25, 0.3) is 11.1 Å². The molecule has 0 N–H and O–H groups in total. The zero-order valence-corrected chi connectivity index (χ0v) is 19.6. The van der Waals surface area contributed by atoms with Crippen molar-refractivity contribution in [3.8, 4) is 11.5 Å². The second-order valence-corrected chi connectivity index (χ2v) is 8.91. The summed E-state index contributed by atoms with van der Waals surface area (Å²) in [5, 5.41) is 0.313. The maximum Gasteiger partial charge on any atom is 0.293 e. The van der Waals surface area contributed by atoms with E-state index in [0.717, 1.165) is 28.6 Å². The molecule has 3 aromatic carbocycles. The van der Waals surface area contributed by atoms with Crippen molar-refractivity contribution in [1.82, 2.24) is 4.90 Å². The van der Waals surface area contributed by atoms with E-state index < -0.39 is 0 Å². The van der Waals surface area contributed by atoms with E-state index in [0.29, 0.717) is 22.3 Å². The number of amides is 2. The van der Waals surface area contributed by atoms with E-state index >= 15 is 0 Å². The molecule has 1 fully saturated rings. The predicted molar refractivity (Wildman–Crippen MR) is 132 cm³/mol. The molecule has 7 heteroatoms. The largest absolute Gasteiger partial charge is 0.492 e. The first-order valence-electron chi connectivity index (χ1n) is 10.4. The van der Waals surface area contributed by atoms with Crippen LogP contribution in [0.3, 0.4) is 0 Å². The molecule has 0 bridgehead atoms. The molecule has 2 amide bonds. The number of thioether (sulfide) groups is 1. The van der Waals surface area contributed by atoms with Crippen molar-refractivity contribution in [2.45, 2.75) is 13.5 Å². The Morgan fingerprint density at radius 1 is 0.939 bits per heavy atom. The first-order valence-corrected chi connectivity index (χ1v) is 11.6. The highest BCUT2D eigenvalue weighted by Gasteiger charge is 2.34. The molecule has 4 rings (SSSR count). The van der Waals surface area contributed by atoms with E-state index in [2.05, 4.69) is 6.07 Å². The van der Waals surface area contributed by atoms with E-state index in [1.54, 1.807) is 30.3 Å². The lowest BCUT2D eigenvalue weighted by Crippen LogP contribution is -2.32. The van der Waals surface area contributed by atoms with Crippen molar-refractivity contribution in [3.63, 3.8) is 0 Å². The predicted octanol–water partition coefficient (Wildman–Crippen LogP) is 6.34. The summed E-state index contributed by atoms with van der Waals surface area (Å²) in [4.78, 5) is 26.6. The number of ether oxygens (including phenoxy) is 2. The molecule has 3 aromatic rings. The first kappa shape index (κ1) is 23.0. The highest BCUT2D eigenvalue weighted by Crippen LogP contribution is 2.32. The molecule has 168 valence electrons. The molecule has 0 aromatic heterocycles. The number of carbonyl (C=O) groups excluding carboxylic acids is 2. The number of hydrogen-bond acceptors (Lipinski definition) is 5. The lowest BCUT2D eigenvalue weighted by Gasteiger charge is -2.13. The SMILES string of the molecule is Cc1cccc(COc2ccc(/C=C3\SC(=O)N(CCOc4ccc(Cl)cc4)C3=O)cc2)c1. The Bertz CT molecular complexity index is 1180. The van der Waals surface area contributed by atoms with Crippen LogP contribution in [0, 0.1) is 6.92 Å². The zero-order chi connectivity index (χ0) is 23.2. The number of benzene rings is 3. The number of nitrogens with zero attached hydrogens (tertiary/aromatic N) is 1. The molecule has 0 radical (unpaired) electrons. The Hall–Kier alpha value is -3.22. The minimum atomic E-state index is -0.315. The Labute approximate surface area is 202 Å². The maximum absolute atomic E-state index is 12.7. The van der Waals surface area contributed by atoms with E-state index in [4.69, 9.17) is 21.1 Å². The Morgan fingerprint density at radius 3 is 2.36 bits per heavy atom. The average Bonchev–Trinajstić information content (AvgIpc) is 3.07. The number of rotatable bonds is 8. The van der Waals surface area contributed by atoms with Gasteiger partial charge in [-0.2, -0.15) is 0 Å². The van der Waals surface area contributed by atoms with Crippen LogP contribution in [0.1, 0.15) is 16.7 Å². The van der Waals surface area contributed by atoms with Crippen LogP contribution in [0.25, 0.3) is 6.08 Å². The van der Waals surface area contributed by atoms with Crippen LogP contribution >= 0.6 is 23.4 Å². The van der Waals surface area contributed by atoms with Crippen LogP contribution in [0.5, 0.6) is 11.5 Å². The fourth-order valence-corrected chi connectivity index (χ4v) is 4.25. The standard InChI is InChI=1S/C26H22ClNO4S/c1-18-3-2-4-20(15-18)17-32-23-9-5-19(6-10-23)16-24-25(29)28(26(30)33-24)13-14-31-22-11-7-21(27)8-12-22/h2-12,15-16H,13-14,17H2,1H3/b24-16-. The summed E-state index contributed by atoms with van der Waals surface area (Å²) >= 11 is 6.79. The number of imide groups is 1. The summed E-state index contributed by atoms with van der Waals surface area (Å²) in [7, 11) is 0. The maximum atomic E-state index is 12.7. The van der Waals surface area contributed by atoms with Crippen LogP contribution in [0.15, 0.2) is 77.7 Å². The lowest BCUT2D eigenvalue weighted by molar-refractivity contribution is -0.123. The zero-order valence-electron chi connectivity index (χ0n) is 18.0. The van der Waals surface area contributed by atoms with Crippen LogP contribution in [-0.2, 0) is 11.4 Å². The van der Waals surface area contributed by atoms with Gasteiger partial charge in [-0.3, -0.25) is 14.5 Å². The number of hydrogen-bond donors (Lipinski definition) is 0. The lowest BCUT2D eigenvalue weighted by atomic mass is 10.1. The van der Waals surface area contributed by atoms with Gasteiger partial charge >= 0.3 is 0 Å². The molecule has 1 aliphatic heterocycles. The molecule has 0 unspecified atom stereocenters. The van der Waals surface area contributed by atoms with Crippen LogP contribution < -0.4 is 9.47 Å². The third-order valence-corrected chi connectivity index (χ3v) is 6.10. The summed E-state index contributed by atoms with van der Waals surface area (Å²) in [6.07, 6.45) is 1.72. The Balaban J connectivity index is 1.32. The van der Waals surface area contributed by atoms with Gasteiger partial charge in [-0.1, -0.05) is 53.6 Å². The quantitative estimate of drug-likeness (QED) is 0.353. The van der Waals surface area contributed by atoms with Gasteiger partial charge in [0.05, 0.1) is 11.4 Å². The normalized spacial score (nSPS) is 14.7. The molecular formula is C26H22ClNO4S. The van der Waals surface area contributed by atoms with Crippen molar-refractivity contribution in [1.29, 1.82) is 0 Å². The van der Waals surface area contributed by atoms with Crippen LogP contribution in [0.2, 0.25) is 5.02 Å². The van der Waals surface area contributed by atoms with Crippen molar-refractivity contribution in [2.75, 3.05) is 13.2 Å². The van der Waals surface area contributed by atoms with Gasteiger partial charge in [-0.15, -0.1) is 0 Å². The van der Waals surface area contributed by atoms with E-state index in [1.165, 1.54) is 10.5 Å². The fraction of sp³-hybridized carbons (Fsp3) is 0.154. The molecule has 0 aliphatic carbocycles. The molecular weight excluding hydrogens is 458 g/mol. The second-order valence-electron chi connectivity index (χ2n) is 7.48. The van der Waals surface area contributed by atoms with E-state index in [9.17, 15) is 9.59 Å². The van der Waals surface area contributed by atoms with Crippen molar-refractivity contribution >= 4 is 40.6 Å². The fourth-order valence-electron chi connectivity index (χ4n) is 3.26. The number of halogens is 1. The second kappa shape index (κ2) is 10.6. The summed E-state index contributed by atoms with van der Waals surface area (Å²) in [5.74, 6) is 1.05. The Kier molecular flexibility index (Phi) is 7.37. The average molecular weight is 480 g/mol. The topological polar surface area (TPSA) is 55.8 Å². The van der Waals surface area contributed by atoms with Gasteiger partial charge in [0, 0.05) is 5.02 Å². The molecule has 5 nitrogen and oxygen atoms in total. The highest BCUT2D eigenvalue weighted by atomic mass is 35.5. The van der Waals surface area contributed by atoms with E-state index in [1.807, 2.05) is 49.4 Å². The molecule has 1 heterocycles. The molecule has 33 heavy (non-hydrogen) atoms. The van der Waals surface area contributed by atoms with Crippen molar-refractivity contribution in [3.05, 3.63) is 99.4 Å². The van der Waals surface area contributed by atoms with Gasteiger partial charge in [0.2, 0.25) is 0 Å². The summed E-state index contributed by atoms with van der Waals surface area (Å²) in [5.41, 5.74) is 3.12. The van der Waals surface area contributed by atoms with Gasteiger partial charge in [-0.05, 0) is 72.3 Å². The summed E-state index contributed by atoms with van der Waals surface area (Å²) < 4.78 is 11.4. The third-order valence-electron chi connectivity index (χ3n) is 4.94. The van der Waals surface area contributed by atoms with Gasteiger partial charge in [0.15, 0.2) is 0 Å². The van der Waals surface area contributed by atoms with Crippen LogP contribution in [-0.4, -0.2) is 29.2 Å². The van der Waals surface area contributed by atoms with Gasteiger partial charge in [0.1, 0.15) is 24.7 Å². The van der Waals surface area contributed by atoms with Crippen molar-refractivity contribution < 1.29 is 19.1 Å². The summed E-state index contributed by atoms with van der Waals surface area (Å²) in [6, 6.07) is 22.5. The monoisotopic (exact) mass is 479 g/mol. The number of aryl methyl sites for hydroxylation is 1. The van der Waals surface area contributed by atoms with E-state index in [-0.39, 0.29) is 24.3 Å². The van der Waals surface area contributed by atoms with Gasteiger partial charge < -0.3 is 9.47 Å². The van der Waals surface area contributed by atoms with Gasteiger partial charge in [-0.25, -0.2) is 0 Å². The molecule has 0 spiro atoms. The minimum Gasteiger partial charge on any atom is -0.492 e.